The lowest BCUT2D eigenvalue weighted by molar-refractivity contribution is 0.0653. The highest BCUT2D eigenvalue weighted by Crippen LogP contribution is 2.12. The molecule has 0 N–H and O–H groups in total. The molecule has 0 unspecified atom stereocenters. The van der Waals surface area contributed by atoms with Crippen LogP contribution in [-0.4, -0.2) is 6.10 Å². The van der Waals surface area contributed by atoms with Crippen LogP contribution >= 0.6 is 22.6 Å². The Morgan fingerprint density at radius 2 is 2.00 bits per heavy atom. The minimum Gasteiger partial charge on any atom is -0.374 e. The normalized spacial score (nSPS) is 10.7. The third-order valence-corrected chi connectivity index (χ3v) is 2.58. The molecule has 0 spiro atoms. The van der Waals surface area contributed by atoms with Gasteiger partial charge in [-0.25, -0.2) is 0 Å². The van der Waals surface area contributed by atoms with E-state index >= 15 is 0 Å². The third-order valence-electron chi connectivity index (χ3n) is 1.53. The Morgan fingerprint density at radius 1 is 1.33 bits per heavy atom. The summed E-state index contributed by atoms with van der Waals surface area (Å²) < 4.78 is 6.78. The number of hydrogen-bond donors (Lipinski definition) is 0. The summed E-state index contributed by atoms with van der Waals surface area (Å²) in [6.07, 6.45) is 0.306. The number of benzene rings is 1. The zero-order chi connectivity index (χ0) is 8.97. The van der Waals surface area contributed by atoms with Gasteiger partial charge in [-0.3, -0.25) is 0 Å². The van der Waals surface area contributed by atoms with Crippen LogP contribution in [0.25, 0.3) is 0 Å². The van der Waals surface area contributed by atoms with E-state index in [-0.39, 0.29) is 0 Å². The maximum Gasteiger partial charge on any atom is 0.0730 e. The van der Waals surface area contributed by atoms with Crippen molar-refractivity contribution in [3.05, 3.63) is 33.4 Å². The Balaban J connectivity index is 2.57. The Morgan fingerprint density at radius 3 is 2.58 bits per heavy atom. The summed E-state index contributed by atoms with van der Waals surface area (Å²) in [5, 5.41) is 0. The zero-order valence-electron chi connectivity index (χ0n) is 7.38. The van der Waals surface area contributed by atoms with Crippen molar-refractivity contribution in [1.82, 2.24) is 0 Å². The fourth-order valence-corrected chi connectivity index (χ4v) is 1.41. The van der Waals surface area contributed by atoms with E-state index in [2.05, 4.69) is 48.6 Å². The standard InChI is InChI=1S/C10H13IO/c1-8(2)12-7-9-5-3-4-6-10(9)11/h3-6,8H,7H2,1-2H3. The first-order valence-electron chi connectivity index (χ1n) is 4.05. The molecule has 0 aliphatic carbocycles. The third kappa shape index (κ3) is 3.11. The highest BCUT2D eigenvalue weighted by Gasteiger charge is 1.99. The van der Waals surface area contributed by atoms with Gasteiger partial charge in [-0.2, -0.15) is 0 Å². The summed E-state index contributed by atoms with van der Waals surface area (Å²) in [5.74, 6) is 0. The predicted molar refractivity (Wildman–Crippen MR) is 59.1 cm³/mol. The van der Waals surface area contributed by atoms with Gasteiger partial charge in [0, 0.05) is 3.57 Å². The first-order chi connectivity index (χ1) is 5.70. The van der Waals surface area contributed by atoms with E-state index in [4.69, 9.17) is 4.74 Å². The van der Waals surface area contributed by atoms with Crippen LogP contribution in [0.3, 0.4) is 0 Å². The molecule has 0 saturated carbocycles. The van der Waals surface area contributed by atoms with Crippen molar-refractivity contribution in [2.45, 2.75) is 26.6 Å². The molecular formula is C10H13IO. The van der Waals surface area contributed by atoms with Crippen molar-refractivity contribution in [3.63, 3.8) is 0 Å². The molecule has 0 saturated heterocycles. The first kappa shape index (κ1) is 9.99. The summed E-state index contributed by atoms with van der Waals surface area (Å²) in [5.41, 5.74) is 1.27. The second-order valence-corrected chi connectivity index (χ2v) is 4.11. The van der Waals surface area contributed by atoms with Gasteiger partial charge in [0.15, 0.2) is 0 Å². The molecule has 0 amide bonds. The summed E-state index contributed by atoms with van der Waals surface area (Å²) in [6.45, 7) is 4.82. The number of ether oxygens (including phenoxy) is 1. The quantitative estimate of drug-likeness (QED) is 0.770. The van der Waals surface area contributed by atoms with Crippen LogP contribution in [0.15, 0.2) is 24.3 Å². The van der Waals surface area contributed by atoms with E-state index in [9.17, 15) is 0 Å². The van der Waals surface area contributed by atoms with Crippen LogP contribution in [0.1, 0.15) is 19.4 Å². The molecular weight excluding hydrogens is 263 g/mol. The van der Waals surface area contributed by atoms with E-state index in [1.54, 1.807) is 0 Å². The fraction of sp³-hybridized carbons (Fsp3) is 0.400. The van der Waals surface area contributed by atoms with Gasteiger partial charge < -0.3 is 4.74 Å². The van der Waals surface area contributed by atoms with Gasteiger partial charge in [0.25, 0.3) is 0 Å². The van der Waals surface area contributed by atoms with Crippen molar-refractivity contribution < 1.29 is 4.74 Å². The van der Waals surface area contributed by atoms with Crippen LogP contribution in [0, 0.1) is 3.57 Å². The van der Waals surface area contributed by atoms with E-state index in [0.717, 1.165) is 6.61 Å². The van der Waals surface area contributed by atoms with E-state index < -0.39 is 0 Å². The molecule has 0 fully saturated rings. The lowest BCUT2D eigenvalue weighted by Crippen LogP contribution is -2.03. The van der Waals surface area contributed by atoms with Gasteiger partial charge in [0.2, 0.25) is 0 Å². The van der Waals surface area contributed by atoms with E-state index in [1.165, 1.54) is 9.13 Å². The highest BCUT2D eigenvalue weighted by molar-refractivity contribution is 14.1. The van der Waals surface area contributed by atoms with Crippen molar-refractivity contribution in [3.8, 4) is 0 Å². The van der Waals surface area contributed by atoms with Crippen LogP contribution in [0.4, 0.5) is 0 Å². The van der Waals surface area contributed by atoms with Crippen LogP contribution < -0.4 is 0 Å². The Kier molecular flexibility index (Phi) is 4.01. The lowest BCUT2D eigenvalue weighted by atomic mass is 10.2. The van der Waals surface area contributed by atoms with Gasteiger partial charge in [-0.1, -0.05) is 18.2 Å². The Bertz CT molecular complexity index is 245. The molecule has 2 heteroatoms. The van der Waals surface area contributed by atoms with Gasteiger partial charge >= 0.3 is 0 Å². The topological polar surface area (TPSA) is 9.23 Å². The van der Waals surface area contributed by atoms with Gasteiger partial charge in [-0.15, -0.1) is 0 Å². The van der Waals surface area contributed by atoms with Crippen molar-refractivity contribution in [1.29, 1.82) is 0 Å². The maximum absolute atomic E-state index is 5.50. The van der Waals surface area contributed by atoms with Crippen molar-refractivity contribution in [2.75, 3.05) is 0 Å². The summed E-state index contributed by atoms with van der Waals surface area (Å²) in [7, 11) is 0. The van der Waals surface area contributed by atoms with Gasteiger partial charge in [-0.05, 0) is 48.1 Å². The molecule has 0 heterocycles. The van der Waals surface area contributed by atoms with E-state index in [0.29, 0.717) is 6.10 Å². The zero-order valence-corrected chi connectivity index (χ0v) is 9.54. The van der Waals surface area contributed by atoms with E-state index in [1.807, 2.05) is 12.1 Å². The Hall–Kier alpha value is -0.0900. The van der Waals surface area contributed by atoms with Crippen molar-refractivity contribution >= 4 is 22.6 Å². The second-order valence-electron chi connectivity index (χ2n) is 2.95. The fourth-order valence-electron chi connectivity index (χ4n) is 0.872. The molecule has 12 heavy (non-hydrogen) atoms. The average Bonchev–Trinajstić information content (AvgIpc) is 2.03. The largest absolute Gasteiger partial charge is 0.374 e. The van der Waals surface area contributed by atoms with Gasteiger partial charge in [0.05, 0.1) is 12.7 Å². The molecule has 1 rings (SSSR count). The SMILES string of the molecule is CC(C)OCc1ccccc1I. The summed E-state index contributed by atoms with van der Waals surface area (Å²) in [4.78, 5) is 0. The highest BCUT2D eigenvalue weighted by atomic mass is 127. The molecule has 1 nitrogen and oxygen atoms in total. The number of rotatable bonds is 3. The molecule has 1 aromatic rings. The number of hydrogen-bond acceptors (Lipinski definition) is 1. The maximum atomic E-state index is 5.50. The monoisotopic (exact) mass is 276 g/mol. The summed E-state index contributed by atoms with van der Waals surface area (Å²) in [6, 6.07) is 8.28. The summed E-state index contributed by atoms with van der Waals surface area (Å²) >= 11 is 2.33. The molecule has 0 aromatic heterocycles. The van der Waals surface area contributed by atoms with Crippen LogP contribution in [0.2, 0.25) is 0 Å². The number of halogens is 1. The first-order valence-corrected chi connectivity index (χ1v) is 5.13. The smallest absolute Gasteiger partial charge is 0.0730 e. The lowest BCUT2D eigenvalue weighted by Gasteiger charge is -2.08. The molecule has 0 radical (unpaired) electrons. The molecule has 0 atom stereocenters. The minimum atomic E-state index is 0.306. The van der Waals surface area contributed by atoms with Gasteiger partial charge in [0.1, 0.15) is 0 Å². The van der Waals surface area contributed by atoms with Crippen LogP contribution in [0.5, 0.6) is 0 Å². The Labute approximate surface area is 87.3 Å². The van der Waals surface area contributed by atoms with Crippen LogP contribution in [-0.2, 0) is 11.3 Å². The predicted octanol–water partition coefficient (Wildman–Crippen LogP) is 3.22. The molecule has 1 aromatic carbocycles. The second kappa shape index (κ2) is 4.82. The minimum absolute atomic E-state index is 0.306. The van der Waals surface area contributed by atoms with Crippen molar-refractivity contribution in [2.24, 2.45) is 0 Å². The average molecular weight is 276 g/mol. The molecule has 0 bridgehead atoms. The molecule has 0 aliphatic heterocycles. The molecule has 0 aliphatic rings. The molecule has 66 valence electrons.